The molecule has 0 N–H and O–H groups in total. The Morgan fingerprint density at radius 2 is 1.73 bits per heavy atom. The van der Waals surface area contributed by atoms with Crippen LogP contribution in [0.15, 0.2) is 35.4 Å². The van der Waals surface area contributed by atoms with Gasteiger partial charge in [-0.25, -0.2) is 0 Å². The Morgan fingerprint density at radius 3 is 2.32 bits per heavy atom. The van der Waals surface area contributed by atoms with Crippen molar-refractivity contribution in [3.8, 4) is 17.2 Å². The molecule has 4 atom stereocenters. The first-order valence-corrected chi connectivity index (χ1v) is 16.2. The molecule has 234 valence electrons. The second kappa shape index (κ2) is 11.1. The van der Waals surface area contributed by atoms with Gasteiger partial charge in [0.15, 0.2) is 11.5 Å². The maximum absolute atomic E-state index is 13.9. The second-order valence-corrected chi connectivity index (χ2v) is 14.4. The van der Waals surface area contributed by atoms with E-state index in [0.29, 0.717) is 41.0 Å². The number of hydrogen-bond donors (Lipinski definition) is 0. The van der Waals surface area contributed by atoms with Gasteiger partial charge in [-0.1, -0.05) is 38.6 Å². The minimum absolute atomic E-state index is 0.0586. The van der Waals surface area contributed by atoms with Crippen LogP contribution in [0.25, 0.3) is 0 Å². The van der Waals surface area contributed by atoms with Crippen LogP contribution >= 0.6 is 11.8 Å². The van der Waals surface area contributed by atoms with Gasteiger partial charge >= 0.3 is 5.24 Å². The summed E-state index contributed by atoms with van der Waals surface area (Å²) in [6.45, 7) is 9.27. The second-order valence-electron chi connectivity index (χ2n) is 13.1. The van der Waals surface area contributed by atoms with Crippen molar-refractivity contribution in [2.45, 2.75) is 65.0 Å². The van der Waals surface area contributed by atoms with Crippen LogP contribution in [0.1, 0.15) is 74.9 Å². The van der Waals surface area contributed by atoms with Crippen molar-refractivity contribution >= 4 is 40.2 Å². The van der Waals surface area contributed by atoms with Crippen molar-refractivity contribution in [1.29, 1.82) is 0 Å². The van der Waals surface area contributed by atoms with Crippen molar-refractivity contribution in [3.05, 3.63) is 47.0 Å². The number of carbonyl (C=O) groups excluding carboxylic acids is 3. The maximum atomic E-state index is 13.9. The van der Waals surface area contributed by atoms with E-state index in [0.717, 1.165) is 65.7 Å². The summed E-state index contributed by atoms with van der Waals surface area (Å²) >= 11 is 1.15. The molecule has 6 rings (SSSR count). The lowest BCUT2D eigenvalue weighted by molar-refractivity contribution is -0.137. The largest absolute Gasteiger partial charge is 0.493 e. The number of carbonyl (C=O) groups is 3. The van der Waals surface area contributed by atoms with Crippen molar-refractivity contribution in [3.63, 3.8) is 0 Å². The summed E-state index contributed by atoms with van der Waals surface area (Å²) in [6, 6.07) is 9.28. The molecule has 2 aliphatic carbocycles. The van der Waals surface area contributed by atoms with Gasteiger partial charge in [0.2, 0.25) is 5.75 Å². The van der Waals surface area contributed by atoms with Crippen LogP contribution in [-0.4, -0.2) is 60.9 Å². The van der Waals surface area contributed by atoms with Gasteiger partial charge in [-0.3, -0.25) is 14.4 Å². The van der Waals surface area contributed by atoms with E-state index in [4.69, 9.17) is 19.3 Å². The summed E-state index contributed by atoms with van der Waals surface area (Å²) in [6.07, 6.45) is 4.54. The maximum Gasteiger partial charge on any atom is 0.309 e. The first kappa shape index (κ1) is 30.5. The molecule has 0 radical (unpaired) electrons. The highest BCUT2D eigenvalue weighted by atomic mass is 32.2. The van der Waals surface area contributed by atoms with Crippen LogP contribution in [-0.2, 0) is 11.2 Å². The van der Waals surface area contributed by atoms with Crippen LogP contribution in [0.5, 0.6) is 17.2 Å². The molecule has 4 unspecified atom stereocenters. The van der Waals surface area contributed by atoms with E-state index in [2.05, 4.69) is 26.8 Å². The SMILES string of the molecule is COc1cc(C(=O)N2CCCc3cc(C4=NN(C(=O)C5CC6CCC5(C)C6(C)C)C(=O)SC4C)ccc32)cc(OC)c1OC. The summed E-state index contributed by atoms with van der Waals surface area (Å²) in [5, 5.41) is 5.36. The number of fused-ring (bicyclic) bond motifs is 3. The van der Waals surface area contributed by atoms with E-state index in [1.807, 2.05) is 19.1 Å². The molecule has 2 bridgehead atoms. The van der Waals surface area contributed by atoms with E-state index in [1.54, 1.807) is 17.0 Å². The van der Waals surface area contributed by atoms with E-state index in [1.165, 1.54) is 21.3 Å². The smallest absolute Gasteiger partial charge is 0.309 e. The number of hydrazone groups is 1. The zero-order valence-electron chi connectivity index (χ0n) is 26.6. The number of nitrogens with zero attached hydrogens (tertiary/aromatic N) is 3. The molecule has 2 aliphatic heterocycles. The summed E-state index contributed by atoms with van der Waals surface area (Å²) < 4.78 is 16.4. The lowest BCUT2D eigenvalue weighted by Crippen LogP contribution is -2.46. The molecule has 2 aromatic carbocycles. The zero-order chi connectivity index (χ0) is 31.6. The molecule has 2 saturated carbocycles. The van der Waals surface area contributed by atoms with Crippen molar-refractivity contribution in [2.75, 3.05) is 32.8 Å². The first-order valence-electron chi connectivity index (χ1n) is 15.3. The lowest BCUT2D eigenvalue weighted by Gasteiger charge is -2.39. The number of aryl methyl sites for hydroxylation is 1. The molecule has 2 fully saturated rings. The third-order valence-corrected chi connectivity index (χ3v) is 11.9. The molecule has 0 spiro atoms. The number of amides is 3. The average Bonchev–Trinajstić information content (AvgIpc) is 3.37. The monoisotopic (exact) mass is 619 g/mol. The predicted molar refractivity (Wildman–Crippen MR) is 171 cm³/mol. The molecule has 3 amide bonds. The number of rotatable bonds is 6. The Bertz CT molecular complexity index is 1540. The minimum atomic E-state index is -0.310. The highest BCUT2D eigenvalue weighted by molar-refractivity contribution is 8.14. The van der Waals surface area contributed by atoms with Crippen LogP contribution < -0.4 is 19.1 Å². The molecular weight excluding hydrogens is 578 g/mol. The predicted octanol–water partition coefficient (Wildman–Crippen LogP) is 6.56. The highest BCUT2D eigenvalue weighted by Crippen LogP contribution is 2.68. The number of benzene rings is 2. The van der Waals surface area contributed by atoms with Gasteiger partial charge in [0, 0.05) is 23.7 Å². The van der Waals surface area contributed by atoms with Crippen molar-refractivity contribution in [2.24, 2.45) is 27.8 Å². The normalized spacial score (nSPS) is 27.1. The van der Waals surface area contributed by atoms with Gasteiger partial charge in [-0.05, 0) is 91.2 Å². The van der Waals surface area contributed by atoms with Gasteiger partial charge in [0.05, 0.1) is 32.3 Å². The Kier molecular flexibility index (Phi) is 7.71. The summed E-state index contributed by atoms with van der Waals surface area (Å²) in [7, 11) is 4.58. The van der Waals surface area contributed by atoms with Crippen LogP contribution in [0, 0.1) is 22.7 Å². The standard InChI is InChI=1S/C34H41N3O6S/c1-19-28(35-37(32(40)44-19)31(39)24-18-23-12-13-34(24,4)33(23,2)3)21-10-11-25-20(15-21)9-8-14-36(25)30(38)22-16-26(41-5)29(43-7)27(17-22)42-6/h10-11,15-17,19,23-24H,8-9,12-14,18H2,1-7H3. The van der Waals surface area contributed by atoms with Crippen molar-refractivity contribution in [1.82, 2.24) is 5.01 Å². The summed E-state index contributed by atoms with van der Waals surface area (Å²) in [5.41, 5.74) is 3.76. The lowest BCUT2D eigenvalue weighted by atomic mass is 9.66. The van der Waals surface area contributed by atoms with Gasteiger partial charge < -0.3 is 19.1 Å². The van der Waals surface area contributed by atoms with E-state index in [-0.39, 0.29) is 39.1 Å². The zero-order valence-corrected chi connectivity index (χ0v) is 27.4. The van der Waals surface area contributed by atoms with E-state index >= 15 is 0 Å². The molecular formula is C34H41N3O6S. The van der Waals surface area contributed by atoms with E-state index < -0.39 is 0 Å². The van der Waals surface area contributed by atoms with Crippen LogP contribution in [0.4, 0.5) is 10.5 Å². The number of thioether (sulfide) groups is 1. The first-order chi connectivity index (χ1) is 20.9. The third kappa shape index (κ3) is 4.59. The third-order valence-electron chi connectivity index (χ3n) is 11.0. The molecule has 9 nitrogen and oxygen atoms in total. The average molecular weight is 620 g/mol. The Balaban J connectivity index is 1.30. The van der Waals surface area contributed by atoms with E-state index in [9.17, 15) is 14.4 Å². The molecule has 0 aromatic heterocycles. The molecule has 4 aliphatic rings. The van der Waals surface area contributed by atoms with Crippen LogP contribution in [0.3, 0.4) is 0 Å². The molecule has 44 heavy (non-hydrogen) atoms. The van der Waals surface area contributed by atoms with Crippen molar-refractivity contribution < 1.29 is 28.6 Å². The number of ether oxygens (including phenoxy) is 3. The summed E-state index contributed by atoms with van der Waals surface area (Å²) in [4.78, 5) is 42.7. The van der Waals surface area contributed by atoms with Gasteiger partial charge in [-0.2, -0.15) is 10.1 Å². The molecule has 2 aromatic rings. The fourth-order valence-corrected chi connectivity index (χ4v) is 8.80. The number of hydrogen-bond acceptors (Lipinski definition) is 8. The molecule has 2 heterocycles. The molecule has 10 heteroatoms. The Morgan fingerprint density at radius 1 is 1.02 bits per heavy atom. The van der Waals surface area contributed by atoms with Crippen LogP contribution in [0.2, 0.25) is 0 Å². The number of imide groups is 1. The quantitative estimate of drug-likeness (QED) is 0.361. The fourth-order valence-electron chi connectivity index (χ4n) is 7.97. The topological polar surface area (TPSA) is 97.7 Å². The summed E-state index contributed by atoms with van der Waals surface area (Å²) in [5.74, 6) is 1.20. The Labute approximate surface area is 263 Å². The van der Waals surface area contributed by atoms with Gasteiger partial charge in [0.1, 0.15) is 0 Å². The highest BCUT2D eigenvalue weighted by Gasteiger charge is 2.64. The van der Waals surface area contributed by atoms with Gasteiger partial charge in [0.25, 0.3) is 11.8 Å². The fraction of sp³-hybridized carbons (Fsp3) is 0.529. The Hall–Kier alpha value is -3.53. The number of methoxy groups -OCH3 is 3. The van der Waals surface area contributed by atoms with Gasteiger partial charge in [-0.15, -0.1) is 0 Å². The molecule has 0 saturated heterocycles. The minimum Gasteiger partial charge on any atom is -0.493 e. The number of anilines is 1.